The minimum absolute atomic E-state index is 0.0871. The lowest BCUT2D eigenvalue weighted by Gasteiger charge is -2.31. The van der Waals surface area contributed by atoms with Crippen molar-refractivity contribution in [3.63, 3.8) is 0 Å². The Morgan fingerprint density at radius 2 is 2.06 bits per heavy atom. The minimum atomic E-state index is -0.321. The van der Waals surface area contributed by atoms with E-state index in [4.69, 9.17) is 4.74 Å². The van der Waals surface area contributed by atoms with E-state index in [1.165, 1.54) is 0 Å². The van der Waals surface area contributed by atoms with Gasteiger partial charge in [0.1, 0.15) is 0 Å². The topological polar surface area (TPSA) is 54.4 Å². The third-order valence-corrected chi connectivity index (χ3v) is 3.27. The van der Waals surface area contributed by atoms with Crippen molar-refractivity contribution in [3.8, 4) is 5.75 Å². The van der Waals surface area contributed by atoms with Crippen LogP contribution in [0.2, 0.25) is 0 Å². The number of aliphatic hydroxyl groups excluding tert-OH is 1. The number of aromatic nitrogens is 1. The van der Waals surface area contributed by atoms with E-state index in [0.29, 0.717) is 12.4 Å². The predicted octanol–water partition coefficient (Wildman–Crippen LogP) is 2.83. The first-order chi connectivity index (χ1) is 8.71. The molecule has 1 aromatic heterocycles. The van der Waals surface area contributed by atoms with Crippen LogP contribution in [0.25, 0.3) is 0 Å². The first-order valence-corrected chi connectivity index (χ1v) is 6.68. The van der Waals surface area contributed by atoms with Crippen molar-refractivity contribution in [3.05, 3.63) is 18.3 Å². The molecule has 0 spiro atoms. The van der Waals surface area contributed by atoms with Crippen LogP contribution in [0.5, 0.6) is 5.75 Å². The zero-order valence-corrected chi connectivity index (χ0v) is 11.6. The molecular formula is C14H24N2O2. The Morgan fingerprint density at radius 1 is 1.33 bits per heavy atom. The lowest BCUT2D eigenvalue weighted by atomic mass is 9.94. The fourth-order valence-corrected chi connectivity index (χ4v) is 1.75. The molecule has 0 saturated heterocycles. The summed E-state index contributed by atoms with van der Waals surface area (Å²) in [4.78, 5) is 4.31. The molecule has 0 unspecified atom stereocenters. The zero-order valence-electron chi connectivity index (χ0n) is 11.6. The smallest absolute Gasteiger partial charge is 0.169 e. The van der Waals surface area contributed by atoms with Gasteiger partial charge in [-0.25, -0.2) is 4.98 Å². The molecule has 4 nitrogen and oxygen atoms in total. The number of nitrogens with zero attached hydrogens (tertiary/aromatic N) is 1. The quantitative estimate of drug-likeness (QED) is 0.747. The summed E-state index contributed by atoms with van der Waals surface area (Å²) >= 11 is 0. The molecule has 0 aliphatic carbocycles. The van der Waals surface area contributed by atoms with Gasteiger partial charge in [0, 0.05) is 6.20 Å². The van der Waals surface area contributed by atoms with E-state index in [2.05, 4.69) is 31.1 Å². The largest absolute Gasteiger partial charge is 0.490 e. The van der Waals surface area contributed by atoms with Gasteiger partial charge < -0.3 is 15.2 Å². The fraction of sp³-hybridized carbons (Fsp3) is 0.643. The van der Waals surface area contributed by atoms with Crippen molar-refractivity contribution in [2.24, 2.45) is 0 Å². The van der Waals surface area contributed by atoms with Crippen LogP contribution in [0, 0.1) is 0 Å². The summed E-state index contributed by atoms with van der Waals surface area (Å²) in [6, 6.07) is 3.76. The van der Waals surface area contributed by atoms with Crippen molar-refractivity contribution in [1.82, 2.24) is 4.98 Å². The van der Waals surface area contributed by atoms with Crippen LogP contribution in [0.15, 0.2) is 18.3 Å². The van der Waals surface area contributed by atoms with Crippen molar-refractivity contribution in [2.45, 2.75) is 45.6 Å². The Balaban J connectivity index is 2.88. The number of pyridine rings is 1. The summed E-state index contributed by atoms with van der Waals surface area (Å²) in [5, 5.41) is 12.9. The summed E-state index contributed by atoms with van der Waals surface area (Å²) in [7, 11) is 0. The number of anilines is 1. The number of ether oxygens (including phenoxy) is 1. The second-order valence-electron chi connectivity index (χ2n) is 4.47. The summed E-state index contributed by atoms with van der Waals surface area (Å²) in [5.74, 6) is 1.46. The maximum atomic E-state index is 9.57. The maximum Gasteiger partial charge on any atom is 0.169 e. The Hall–Kier alpha value is -1.29. The highest BCUT2D eigenvalue weighted by Gasteiger charge is 2.26. The van der Waals surface area contributed by atoms with Gasteiger partial charge in [0.25, 0.3) is 0 Å². The van der Waals surface area contributed by atoms with E-state index in [1.54, 1.807) is 6.20 Å². The molecule has 18 heavy (non-hydrogen) atoms. The van der Waals surface area contributed by atoms with Crippen LogP contribution >= 0.6 is 0 Å². The van der Waals surface area contributed by atoms with Crippen molar-refractivity contribution in [2.75, 3.05) is 18.5 Å². The number of nitrogens with one attached hydrogen (secondary N) is 1. The first-order valence-electron chi connectivity index (χ1n) is 6.68. The molecule has 2 N–H and O–H groups in total. The van der Waals surface area contributed by atoms with E-state index in [9.17, 15) is 5.11 Å². The molecule has 0 aliphatic rings. The van der Waals surface area contributed by atoms with Crippen LogP contribution in [-0.4, -0.2) is 28.8 Å². The minimum Gasteiger partial charge on any atom is -0.490 e. The highest BCUT2D eigenvalue weighted by Crippen LogP contribution is 2.27. The van der Waals surface area contributed by atoms with Crippen molar-refractivity contribution in [1.29, 1.82) is 0 Å². The van der Waals surface area contributed by atoms with Crippen LogP contribution in [0.4, 0.5) is 5.82 Å². The molecule has 0 aliphatic heterocycles. The second kappa shape index (κ2) is 7.21. The standard InChI is InChI=1S/C14H24N2O2/c1-4-10-18-12-8-7-9-15-13(12)16-14(5-2,6-3)11-17/h7-9,17H,4-6,10-11H2,1-3H3,(H,15,16). The molecule has 0 fully saturated rings. The number of rotatable bonds is 8. The van der Waals surface area contributed by atoms with Gasteiger partial charge in [-0.15, -0.1) is 0 Å². The predicted molar refractivity (Wildman–Crippen MR) is 74.0 cm³/mol. The Bertz CT molecular complexity index is 343. The molecule has 1 rings (SSSR count). The van der Waals surface area contributed by atoms with E-state index in [1.807, 2.05) is 12.1 Å². The SMILES string of the molecule is CCCOc1cccnc1NC(CC)(CC)CO. The van der Waals surface area contributed by atoms with Gasteiger partial charge in [-0.3, -0.25) is 0 Å². The van der Waals surface area contributed by atoms with E-state index >= 15 is 0 Å². The average Bonchev–Trinajstić information content (AvgIpc) is 2.44. The van der Waals surface area contributed by atoms with Crippen molar-refractivity contribution >= 4 is 5.82 Å². The Morgan fingerprint density at radius 3 is 2.61 bits per heavy atom. The Labute approximate surface area is 109 Å². The molecule has 1 heterocycles. The first kappa shape index (κ1) is 14.8. The summed E-state index contributed by atoms with van der Waals surface area (Å²) in [6.07, 6.45) is 4.36. The van der Waals surface area contributed by atoms with E-state index < -0.39 is 0 Å². The van der Waals surface area contributed by atoms with Crippen molar-refractivity contribution < 1.29 is 9.84 Å². The van der Waals surface area contributed by atoms with Crippen LogP contribution in [0.1, 0.15) is 40.0 Å². The highest BCUT2D eigenvalue weighted by molar-refractivity contribution is 5.51. The summed E-state index contributed by atoms with van der Waals surface area (Å²) < 4.78 is 5.66. The molecule has 4 heteroatoms. The molecule has 0 radical (unpaired) electrons. The highest BCUT2D eigenvalue weighted by atomic mass is 16.5. The summed E-state index contributed by atoms with van der Waals surface area (Å²) in [5.41, 5.74) is -0.321. The molecule has 0 bridgehead atoms. The van der Waals surface area contributed by atoms with E-state index in [-0.39, 0.29) is 12.1 Å². The number of aliphatic hydroxyl groups is 1. The third kappa shape index (κ3) is 3.60. The van der Waals surface area contributed by atoms with E-state index in [0.717, 1.165) is 25.0 Å². The average molecular weight is 252 g/mol. The van der Waals surface area contributed by atoms with Gasteiger partial charge in [0.15, 0.2) is 11.6 Å². The normalized spacial score (nSPS) is 11.3. The molecule has 102 valence electrons. The van der Waals surface area contributed by atoms with Crippen LogP contribution < -0.4 is 10.1 Å². The molecular weight excluding hydrogens is 228 g/mol. The van der Waals surface area contributed by atoms with Crippen LogP contribution in [0.3, 0.4) is 0 Å². The maximum absolute atomic E-state index is 9.57. The van der Waals surface area contributed by atoms with Gasteiger partial charge >= 0.3 is 0 Å². The monoisotopic (exact) mass is 252 g/mol. The molecule has 0 saturated carbocycles. The van der Waals surface area contributed by atoms with Gasteiger partial charge in [-0.05, 0) is 31.4 Å². The third-order valence-electron chi connectivity index (χ3n) is 3.27. The van der Waals surface area contributed by atoms with Gasteiger partial charge in [0.05, 0.1) is 18.8 Å². The van der Waals surface area contributed by atoms with Crippen LogP contribution in [-0.2, 0) is 0 Å². The van der Waals surface area contributed by atoms with Gasteiger partial charge in [-0.2, -0.15) is 0 Å². The molecule has 0 aromatic carbocycles. The zero-order chi connectivity index (χ0) is 13.4. The summed E-state index contributed by atoms with van der Waals surface area (Å²) in [6.45, 7) is 6.94. The number of hydrogen-bond acceptors (Lipinski definition) is 4. The Kier molecular flexibility index (Phi) is 5.92. The lowest BCUT2D eigenvalue weighted by molar-refractivity contribution is 0.201. The molecule has 1 aromatic rings. The fourth-order valence-electron chi connectivity index (χ4n) is 1.75. The van der Waals surface area contributed by atoms with Gasteiger partial charge in [0.2, 0.25) is 0 Å². The lowest BCUT2D eigenvalue weighted by Crippen LogP contribution is -2.41. The molecule has 0 amide bonds. The second-order valence-corrected chi connectivity index (χ2v) is 4.47. The molecule has 0 atom stereocenters. The number of hydrogen-bond donors (Lipinski definition) is 2. The van der Waals surface area contributed by atoms with Gasteiger partial charge in [-0.1, -0.05) is 20.8 Å².